The molecule has 0 bridgehead atoms. The van der Waals surface area contributed by atoms with Crippen LogP contribution in [0.15, 0.2) is 36.7 Å². The van der Waals surface area contributed by atoms with E-state index in [4.69, 9.17) is 0 Å². The third kappa shape index (κ3) is 2.46. The molecule has 0 amide bonds. The highest BCUT2D eigenvalue weighted by Gasteiger charge is 2.30. The number of aromatic nitrogens is 3. The number of hydrogen-bond acceptors (Lipinski definition) is 4. The van der Waals surface area contributed by atoms with Crippen molar-refractivity contribution < 1.29 is 5.11 Å². The molecule has 0 radical (unpaired) electrons. The highest BCUT2D eigenvalue weighted by atomic mass is 16.3. The Morgan fingerprint density at radius 1 is 1.25 bits per heavy atom. The summed E-state index contributed by atoms with van der Waals surface area (Å²) in [5.41, 5.74) is 0.929. The van der Waals surface area contributed by atoms with E-state index in [1.165, 1.54) is 5.56 Å². The number of rotatable bonds is 4. The molecule has 1 aromatic carbocycles. The van der Waals surface area contributed by atoms with Gasteiger partial charge in [0, 0.05) is 25.0 Å². The van der Waals surface area contributed by atoms with Crippen LogP contribution in [-0.4, -0.2) is 44.5 Å². The van der Waals surface area contributed by atoms with Gasteiger partial charge in [0.2, 0.25) is 0 Å². The molecule has 20 heavy (non-hydrogen) atoms. The number of aliphatic hydroxyl groups is 1. The number of benzene rings is 1. The van der Waals surface area contributed by atoms with Gasteiger partial charge in [0.15, 0.2) is 0 Å². The topological polar surface area (TPSA) is 54.2 Å². The van der Waals surface area contributed by atoms with Gasteiger partial charge in [0.1, 0.15) is 12.2 Å². The Bertz CT molecular complexity index is 568. The fraction of sp³-hybridized carbons (Fsp3) is 0.467. The van der Waals surface area contributed by atoms with Gasteiger partial charge in [-0.05, 0) is 5.56 Å². The van der Waals surface area contributed by atoms with Crippen molar-refractivity contribution in [2.75, 3.05) is 19.7 Å². The van der Waals surface area contributed by atoms with Crippen molar-refractivity contribution in [3.05, 3.63) is 48.0 Å². The summed E-state index contributed by atoms with van der Waals surface area (Å²) < 4.78 is 2.09. The summed E-state index contributed by atoms with van der Waals surface area (Å²) in [5.74, 6) is 1.00. The smallest absolute Gasteiger partial charge is 0.147 e. The Balaban J connectivity index is 1.76. The highest BCUT2D eigenvalue weighted by molar-refractivity contribution is 5.25. The lowest BCUT2D eigenvalue weighted by Crippen LogP contribution is -2.44. The number of hydrogen-bond donors (Lipinski definition) is 1. The summed E-state index contributed by atoms with van der Waals surface area (Å²) >= 11 is 0. The molecule has 1 unspecified atom stereocenters. The van der Waals surface area contributed by atoms with E-state index in [0.717, 1.165) is 32.0 Å². The summed E-state index contributed by atoms with van der Waals surface area (Å²) in [6.07, 6.45) is 1.79. The summed E-state index contributed by atoms with van der Waals surface area (Å²) in [5, 5.41) is 18.0. The van der Waals surface area contributed by atoms with Gasteiger partial charge >= 0.3 is 0 Å². The molecule has 0 saturated heterocycles. The van der Waals surface area contributed by atoms with E-state index in [2.05, 4.69) is 38.7 Å². The Hall–Kier alpha value is -1.72. The first-order valence-electron chi connectivity index (χ1n) is 6.97. The molecule has 5 heteroatoms. The van der Waals surface area contributed by atoms with Crippen molar-refractivity contribution in [3.63, 3.8) is 0 Å². The van der Waals surface area contributed by atoms with Crippen LogP contribution in [0.5, 0.6) is 0 Å². The van der Waals surface area contributed by atoms with Crippen LogP contribution in [0, 0.1) is 0 Å². The minimum atomic E-state index is -0.247. The molecule has 1 aromatic heterocycles. The van der Waals surface area contributed by atoms with Gasteiger partial charge < -0.3 is 9.67 Å². The van der Waals surface area contributed by atoms with Crippen molar-refractivity contribution in [3.8, 4) is 0 Å². The van der Waals surface area contributed by atoms with E-state index in [9.17, 15) is 5.11 Å². The minimum absolute atomic E-state index is 0.139. The van der Waals surface area contributed by atoms with Crippen molar-refractivity contribution in [2.24, 2.45) is 0 Å². The first-order chi connectivity index (χ1) is 9.71. The lowest BCUT2D eigenvalue weighted by atomic mass is 9.82. The number of aliphatic hydroxyl groups excluding tert-OH is 1. The maximum atomic E-state index is 9.86. The van der Waals surface area contributed by atoms with Gasteiger partial charge in [0.05, 0.1) is 13.2 Å². The fourth-order valence-electron chi connectivity index (χ4n) is 2.82. The molecule has 106 valence electrons. The Labute approximate surface area is 118 Å². The summed E-state index contributed by atoms with van der Waals surface area (Å²) in [6, 6.07) is 10.2. The van der Waals surface area contributed by atoms with Crippen LogP contribution in [0.2, 0.25) is 0 Å². The second kappa shape index (κ2) is 5.34. The van der Waals surface area contributed by atoms with Crippen LogP contribution >= 0.6 is 0 Å². The fourth-order valence-corrected chi connectivity index (χ4v) is 2.82. The van der Waals surface area contributed by atoms with Gasteiger partial charge in [-0.3, -0.25) is 4.90 Å². The van der Waals surface area contributed by atoms with Gasteiger partial charge in [0.25, 0.3) is 0 Å². The number of nitrogens with zero attached hydrogens (tertiary/aromatic N) is 4. The molecule has 5 nitrogen and oxygen atoms in total. The first-order valence-corrected chi connectivity index (χ1v) is 6.97. The van der Waals surface area contributed by atoms with Crippen LogP contribution in [0.1, 0.15) is 18.3 Å². The number of fused-ring (bicyclic) bond motifs is 1. The van der Waals surface area contributed by atoms with Crippen LogP contribution < -0.4 is 0 Å². The van der Waals surface area contributed by atoms with E-state index in [1.807, 2.05) is 18.2 Å². The SMILES string of the molecule is CC(CO)(CN1CCn2cnnc2C1)c1ccccc1. The molecule has 0 saturated carbocycles. The molecule has 1 aliphatic rings. The third-order valence-corrected chi connectivity index (χ3v) is 4.11. The van der Waals surface area contributed by atoms with Crippen molar-refractivity contribution in [2.45, 2.75) is 25.4 Å². The van der Waals surface area contributed by atoms with Gasteiger partial charge in [-0.25, -0.2) is 0 Å². The van der Waals surface area contributed by atoms with Crippen molar-refractivity contribution in [1.29, 1.82) is 0 Å². The standard InChI is InChI=1S/C15H20N4O/c1-15(11-20,13-5-3-2-4-6-13)10-18-7-8-19-12-16-17-14(19)9-18/h2-6,12,20H,7-11H2,1H3. The summed E-state index contributed by atoms with van der Waals surface area (Å²) in [7, 11) is 0. The van der Waals surface area contributed by atoms with Crippen LogP contribution in [0.3, 0.4) is 0 Å². The minimum Gasteiger partial charge on any atom is -0.395 e. The largest absolute Gasteiger partial charge is 0.395 e. The van der Waals surface area contributed by atoms with Gasteiger partial charge in [-0.15, -0.1) is 10.2 Å². The molecule has 0 aliphatic carbocycles. The van der Waals surface area contributed by atoms with Gasteiger partial charge in [-0.2, -0.15) is 0 Å². The van der Waals surface area contributed by atoms with E-state index in [-0.39, 0.29) is 12.0 Å². The zero-order valence-corrected chi connectivity index (χ0v) is 11.7. The molecule has 0 fully saturated rings. The van der Waals surface area contributed by atoms with Crippen LogP contribution in [-0.2, 0) is 18.5 Å². The highest BCUT2D eigenvalue weighted by Crippen LogP contribution is 2.25. The first kappa shape index (κ1) is 13.3. The molecule has 1 aliphatic heterocycles. The molecule has 3 rings (SSSR count). The average molecular weight is 272 g/mol. The maximum Gasteiger partial charge on any atom is 0.147 e. The predicted octanol–water partition coefficient (Wildman–Crippen LogP) is 1.04. The maximum absolute atomic E-state index is 9.86. The molecule has 0 spiro atoms. The van der Waals surface area contributed by atoms with E-state index < -0.39 is 0 Å². The Morgan fingerprint density at radius 2 is 2.05 bits per heavy atom. The summed E-state index contributed by atoms with van der Waals surface area (Å²) in [4.78, 5) is 2.34. The monoisotopic (exact) mass is 272 g/mol. The molecule has 1 atom stereocenters. The summed E-state index contributed by atoms with van der Waals surface area (Å²) in [6.45, 7) is 5.75. The molecular formula is C15H20N4O. The van der Waals surface area contributed by atoms with E-state index >= 15 is 0 Å². The lowest BCUT2D eigenvalue weighted by Gasteiger charge is -2.36. The van der Waals surface area contributed by atoms with E-state index in [0.29, 0.717) is 0 Å². The van der Waals surface area contributed by atoms with Gasteiger partial charge in [-0.1, -0.05) is 37.3 Å². The second-order valence-electron chi connectivity index (χ2n) is 5.74. The van der Waals surface area contributed by atoms with Crippen LogP contribution in [0.25, 0.3) is 0 Å². The predicted molar refractivity (Wildman–Crippen MR) is 76.2 cm³/mol. The van der Waals surface area contributed by atoms with Crippen molar-refractivity contribution in [1.82, 2.24) is 19.7 Å². The zero-order valence-electron chi connectivity index (χ0n) is 11.7. The van der Waals surface area contributed by atoms with Crippen molar-refractivity contribution >= 4 is 0 Å². The Kier molecular flexibility index (Phi) is 3.54. The average Bonchev–Trinajstić information content (AvgIpc) is 2.95. The van der Waals surface area contributed by atoms with E-state index in [1.54, 1.807) is 6.33 Å². The quantitative estimate of drug-likeness (QED) is 0.903. The molecular weight excluding hydrogens is 252 g/mol. The lowest BCUT2D eigenvalue weighted by molar-refractivity contribution is 0.124. The van der Waals surface area contributed by atoms with Crippen LogP contribution in [0.4, 0.5) is 0 Å². The Morgan fingerprint density at radius 3 is 2.80 bits per heavy atom. The molecule has 2 aromatic rings. The third-order valence-electron chi connectivity index (χ3n) is 4.11. The molecule has 1 N–H and O–H groups in total. The molecule has 2 heterocycles. The normalized spacial score (nSPS) is 18.5. The second-order valence-corrected chi connectivity index (χ2v) is 5.74. The zero-order chi connectivity index (χ0) is 14.0.